The van der Waals surface area contributed by atoms with Gasteiger partial charge in [-0.2, -0.15) is 0 Å². The van der Waals surface area contributed by atoms with Crippen LogP contribution >= 0.6 is 11.8 Å². The lowest BCUT2D eigenvalue weighted by molar-refractivity contribution is -0.117. The van der Waals surface area contributed by atoms with E-state index in [9.17, 15) is 4.79 Å². The van der Waals surface area contributed by atoms with Gasteiger partial charge < -0.3 is 10.7 Å². The molecule has 25 heavy (non-hydrogen) atoms. The van der Waals surface area contributed by atoms with E-state index in [4.69, 9.17) is 10.7 Å². The van der Waals surface area contributed by atoms with Gasteiger partial charge in [0.15, 0.2) is 5.16 Å². The van der Waals surface area contributed by atoms with E-state index >= 15 is 0 Å². The molecule has 0 bridgehead atoms. The molecular formula is C20H21N3OS. The van der Waals surface area contributed by atoms with Crippen LogP contribution in [0.2, 0.25) is 0 Å². The predicted molar refractivity (Wildman–Crippen MR) is 103 cm³/mol. The first-order chi connectivity index (χ1) is 11.9. The van der Waals surface area contributed by atoms with Crippen molar-refractivity contribution in [2.75, 3.05) is 0 Å². The van der Waals surface area contributed by atoms with E-state index in [0.717, 1.165) is 22.5 Å². The minimum atomic E-state index is -0.352. The predicted octanol–water partition coefficient (Wildman–Crippen LogP) is 4.33. The average Bonchev–Trinajstić information content (AvgIpc) is 3.00. The molecule has 1 heterocycles. The van der Waals surface area contributed by atoms with Crippen LogP contribution in [0.3, 0.4) is 0 Å². The van der Waals surface area contributed by atoms with Crippen LogP contribution in [0.5, 0.6) is 0 Å². The lowest BCUT2D eigenvalue weighted by Crippen LogP contribution is -2.22. The van der Waals surface area contributed by atoms with Gasteiger partial charge in [-0.3, -0.25) is 4.79 Å². The van der Waals surface area contributed by atoms with Crippen molar-refractivity contribution in [1.29, 1.82) is 0 Å². The number of rotatable bonds is 5. The van der Waals surface area contributed by atoms with Gasteiger partial charge in [-0.05, 0) is 20.8 Å². The van der Waals surface area contributed by atoms with E-state index in [-0.39, 0.29) is 11.2 Å². The molecule has 0 saturated heterocycles. The lowest BCUT2D eigenvalue weighted by Gasteiger charge is -2.04. The van der Waals surface area contributed by atoms with Crippen molar-refractivity contribution in [2.45, 2.75) is 31.2 Å². The summed E-state index contributed by atoms with van der Waals surface area (Å²) in [5.74, 6) is -0.352. The highest BCUT2D eigenvalue weighted by Gasteiger charge is 2.18. The Labute approximate surface area is 151 Å². The molecule has 1 amide bonds. The second-order valence-corrected chi connectivity index (χ2v) is 7.49. The fourth-order valence-corrected chi connectivity index (χ4v) is 3.24. The van der Waals surface area contributed by atoms with Gasteiger partial charge >= 0.3 is 0 Å². The number of carbonyl (C=O) groups excluding carboxylic acids is 1. The Bertz CT molecular complexity index is 819. The number of amides is 1. The number of carbonyl (C=O) groups is 1. The fourth-order valence-electron chi connectivity index (χ4n) is 2.48. The second kappa shape index (κ2) is 7.15. The van der Waals surface area contributed by atoms with Crippen molar-refractivity contribution >= 4 is 17.7 Å². The normalized spacial score (nSPS) is 12.1. The number of imidazole rings is 1. The van der Waals surface area contributed by atoms with Crippen LogP contribution in [-0.4, -0.2) is 21.1 Å². The number of nitrogens with one attached hydrogen (secondary N) is 1. The Morgan fingerprint density at radius 1 is 1.00 bits per heavy atom. The zero-order chi connectivity index (χ0) is 18.0. The van der Waals surface area contributed by atoms with Gasteiger partial charge in [0.1, 0.15) is 0 Å². The number of hydrogen-bond acceptors (Lipinski definition) is 3. The molecule has 1 unspecified atom stereocenters. The van der Waals surface area contributed by atoms with Crippen molar-refractivity contribution in [3.05, 3.63) is 59.7 Å². The molecule has 3 aromatic rings. The maximum absolute atomic E-state index is 11.4. The molecule has 1 aromatic heterocycles. The second-order valence-electron chi connectivity index (χ2n) is 6.16. The third-order valence-electron chi connectivity index (χ3n) is 4.04. The number of aryl methyl sites for hydroxylation is 2. The average molecular weight is 351 g/mol. The Morgan fingerprint density at radius 2 is 1.52 bits per heavy atom. The van der Waals surface area contributed by atoms with E-state index < -0.39 is 0 Å². The van der Waals surface area contributed by atoms with Crippen molar-refractivity contribution in [3.8, 4) is 22.5 Å². The number of nitrogens with two attached hydrogens (primary N) is 1. The quantitative estimate of drug-likeness (QED) is 0.672. The molecule has 2 aromatic carbocycles. The van der Waals surface area contributed by atoms with E-state index in [0.29, 0.717) is 5.16 Å². The SMILES string of the molecule is Cc1ccc(-c2nc(SC(C)C(N)=O)[nH]c2-c2ccc(C)cc2)cc1. The molecule has 0 aliphatic carbocycles. The fraction of sp³-hybridized carbons (Fsp3) is 0.200. The summed E-state index contributed by atoms with van der Waals surface area (Å²) in [5.41, 5.74) is 11.7. The molecule has 0 radical (unpaired) electrons. The Balaban J connectivity index is 2.07. The topological polar surface area (TPSA) is 71.8 Å². The monoisotopic (exact) mass is 351 g/mol. The zero-order valence-corrected chi connectivity index (χ0v) is 15.4. The Kier molecular flexibility index (Phi) is 4.95. The first kappa shape index (κ1) is 17.3. The van der Waals surface area contributed by atoms with E-state index in [1.807, 2.05) is 0 Å². The molecule has 0 aliphatic rings. The molecule has 1 atom stereocenters. The van der Waals surface area contributed by atoms with Crippen LogP contribution in [0.25, 0.3) is 22.5 Å². The number of aromatic nitrogens is 2. The largest absolute Gasteiger partial charge is 0.369 e. The summed E-state index contributed by atoms with van der Waals surface area (Å²) in [6.07, 6.45) is 0. The zero-order valence-electron chi connectivity index (χ0n) is 14.5. The van der Waals surface area contributed by atoms with Crippen LogP contribution in [0.15, 0.2) is 53.7 Å². The smallest absolute Gasteiger partial charge is 0.230 e. The van der Waals surface area contributed by atoms with Gasteiger partial charge in [0.25, 0.3) is 0 Å². The Morgan fingerprint density at radius 3 is 2.04 bits per heavy atom. The van der Waals surface area contributed by atoms with Crippen molar-refractivity contribution in [1.82, 2.24) is 9.97 Å². The maximum atomic E-state index is 11.4. The third-order valence-corrected chi connectivity index (χ3v) is 5.04. The minimum Gasteiger partial charge on any atom is -0.369 e. The highest BCUT2D eigenvalue weighted by molar-refractivity contribution is 8.00. The van der Waals surface area contributed by atoms with Gasteiger partial charge in [-0.1, -0.05) is 71.4 Å². The number of benzene rings is 2. The van der Waals surface area contributed by atoms with Crippen LogP contribution in [0.4, 0.5) is 0 Å². The molecule has 0 spiro atoms. The van der Waals surface area contributed by atoms with Crippen molar-refractivity contribution in [3.63, 3.8) is 0 Å². The maximum Gasteiger partial charge on any atom is 0.230 e. The van der Waals surface area contributed by atoms with E-state index in [1.165, 1.54) is 22.9 Å². The number of H-pyrrole nitrogens is 1. The summed E-state index contributed by atoms with van der Waals surface area (Å²) in [7, 11) is 0. The van der Waals surface area contributed by atoms with Gasteiger partial charge in [0, 0.05) is 11.1 Å². The standard InChI is InChI=1S/C20H21N3OS/c1-12-4-8-15(9-5-12)17-18(16-10-6-13(2)7-11-16)23-20(22-17)25-14(3)19(21)24/h4-11,14H,1-3H3,(H2,21,24)(H,22,23). The van der Waals surface area contributed by atoms with E-state index in [1.54, 1.807) is 6.92 Å². The number of hydrogen-bond donors (Lipinski definition) is 2. The molecule has 5 heteroatoms. The molecule has 3 rings (SSSR count). The molecule has 0 aliphatic heterocycles. The summed E-state index contributed by atoms with van der Waals surface area (Å²) < 4.78 is 0. The molecule has 0 fully saturated rings. The number of aromatic amines is 1. The molecular weight excluding hydrogens is 330 g/mol. The summed E-state index contributed by atoms with van der Waals surface area (Å²) >= 11 is 1.34. The third kappa shape index (κ3) is 3.94. The summed E-state index contributed by atoms with van der Waals surface area (Å²) in [5, 5.41) is 0.348. The summed E-state index contributed by atoms with van der Waals surface area (Å²) in [6, 6.07) is 16.6. The minimum absolute atomic E-state index is 0.345. The Hall–Kier alpha value is -2.53. The number of primary amides is 1. The van der Waals surface area contributed by atoms with Crippen molar-refractivity contribution in [2.24, 2.45) is 5.73 Å². The summed E-state index contributed by atoms with van der Waals surface area (Å²) in [6.45, 7) is 5.91. The van der Waals surface area contributed by atoms with Gasteiger partial charge in [0.05, 0.1) is 16.6 Å². The van der Waals surface area contributed by atoms with Crippen LogP contribution in [0.1, 0.15) is 18.1 Å². The lowest BCUT2D eigenvalue weighted by atomic mass is 10.0. The van der Waals surface area contributed by atoms with Crippen LogP contribution in [-0.2, 0) is 4.79 Å². The van der Waals surface area contributed by atoms with Crippen LogP contribution < -0.4 is 5.73 Å². The van der Waals surface area contributed by atoms with Gasteiger partial charge in [0.2, 0.25) is 5.91 Å². The van der Waals surface area contributed by atoms with Gasteiger partial charge in [-0.15, -0.1) is 0 Å². The summed E-state index contributed by atoms with van der Waals surface area (Å²) in [4.78, 5) is 19.5. The number of thioether (sulfide) groups is 1. The van der Waals surface area contributed by atoms with E-state index in [2.05, 4.69) is 67.4 Å². The van der Waals surface area contributed by atoms with Gasteiger partial charge in [-0.25, -0.2) is 4.98 Å². The first-order valence-corrected chi connectivity index (χ1v) is 9.02. The molecule has 0 saturated carbocycles. The molecule has 4 nitrogen and oxygen atoms in total. The molecule has 128 valence electrons. The van der Waals surface area contributed by atoms with Crippen LogP contribution in [0, 0.1) is 13.8 Å². The number of nitrogens with zero attached hydrogens (tertiary/aromatic N) is 1. The van der Waals surface area contributed by atoms with Crippen molar-refractivity contribution < 1.29 is 4.79 Å². The highest BCUT2D eigenvalue weighted by Crippen LogP contribution is 2.34. The molecule has 3 N–H and O–H groups in total. The first-order valence-electron chi connectivity index (χ1n) is 8.14. The highest BCUT2D eigenvalue weighted by atomic mass is 32.2.